The molecule has 2 heterocycles. The molecule has 1 aliphatic carbocycles. The van der Waals surface area contributed by atoms with Crippen LogP contribution in [0.15, 0.2) is 18.3 Å². The van der Waals surface area contributed by atoms with Crippen molar-refractivity contribution in [3.63, 3.8) is 0 Å². The number of pyridine rings is 1. The van der Waals surface area contributed by atoms with Gasteiger partial charge in [-0.15, -0.1) is 0 Å². The van der Waals surface area contributed by atoms with Gasteiger partial charge in [-0.05, 0) is 25.0 Å². The van der Waals surface area contributed by atoms with E-state index in [4.69, 9.17) is 18.9 Å². The van der Waals surface area contributed by atoms with Gasteiger partial charge in [-0.3, -0.25) is 0 Å². The first-order valence-corrected chi connectivity index (χ1v) is 6.75. The molecule has 0 atom stereocenters. The first-order valence-electron chi connectivity index (χ1n) is 6.75. The smallest absolute Gasteiger partial charge is 0.257 e. The molecule has 5 heteroatoms. The van der Waals surface area contributed by atoms with Crippen LogP contribution in [-0.4, -0.2) is 37.2 Å². The van der Waals surface area contributed by atoms with Gasteiger partial charge in [0.2, 0.25) is 0 Å². The van der Waals surface area contributed by atoms with Crippen molar-refractivity contribution >= 4 is 0 Å². The second kappa shape index (κ2) is 5.35. The average molecular weight is 265 g/mol. The van der Waals surface area contributed by atoms with Crippen molar-refractivity contribution in [2.75, 3.05) is 20.3 Å². The monoisotopic (exact) mass is 265 g/mol. The van der Waals surface area contributed by atoms with Crippen molar-refractivity contribution in [3.8, 4) is 11.6 Å². The lowest BCUT2D eigenvalue weighted by atomic mass is 9.92. The quantitative estimate of drug-likeness (QED) is 0.838. The normalized spacial score (nSPS) is 22.6. The minimum absolute atomic E-state index is 0.155. The van der Waals surface area contributed by atoms with Gasteiger partial charge in [0.05, 0.1) is 20.3 Å². The number of nitrogens with zero attached hydrogens (tertiary/aromatic N) is 1. The number of hydrogen-bond donors (Lipinski definition) is 0. The van der Waals surface area contributed by atoms with Gasteiger partial charge in [0.15, 0.2) is 11.5 Å². The number of hydrogen-bond acceptors (Lipinski definition) is 5. The second-order valence-corrected chi connectivity index (χ2v) is 4.94. The molecule has 2 aliphatic rings. The summed E-state index contributed by atoms with van der Waals surface area (Å²) in [4.78, 5) is 4.22. The van der Waals surface area contributed by atoms with Crippen LogP contribution >= 0.6 is 0 Å². The third-order valence-corrected chi connectivity index (χ3v) is 3.74. The Morgan fingerprint density at radius 2 is 2.00 bits per heavy atom. The van der Waals surface area contributed by atoms with Gasteiger partial charge in [0, 0.05) is 19.0 Å². The summed E-state index contributed by atoms with van der Waals surface area (Å²) >= 11 is 0. The Labute approximate surface area is 112 Å². The SMILES string of the molecule is COc1cccnc1OC1CCC2(CC1)OCCO2. The third kappa shape index (κ3) is 2.67. The van der Waals surface area contributed by atoms with Crippen LogP contribution in [-0.2, 0) is 9.47 Å². The van der Waals surface area contributed by atoms with E-state index in [0.717, 1.165) is 25.7 Å². The molecule has 0 aromatic carbocycles. The molecule has 0 bridgehead atoms. The summed E-state index contributed by atoms with van der Waals surface area (Å²) in [5, 5.41) is 0. The summed E-state index contributed by atoms with van der Waals surface area (Å²) < 4.78 is 22.6. The highest BCUT2D eigenvalue weighted by molar-refractivity contribution is 5.32. The van der Waals surface area contributed by atoms with Crippen molar-refractivity contribution < 1.29 is 18.9 Å². The maximum atomic E-state index is 5.93. The van der Waals surface area contributed by atoms with Crippen LogP contribution in [0.3, 0.4) is 0 Å². The van der Waals surface area contributed by atoms with Crippen molar-refractivity contribution in [1.82, 2.24) is 4.98 Å². The van der Waals surface area contributed by atoms with Crippen LogP contribution in [0.25, 0.3) is 0 Å². The lowest BCUT2D eigenvalue weighted by molar-refractivity contribution is -0.186. The number of methoxy groups -OCH3 is 1. The van der Waals surface area contributed by atoms with Gasteiger partial charge in [-0.25, -0.2) is 4.98 Å². The van der Waals surface area contributed by atoms with E-state index in [2.05, 4.69) is 4.98 Å². The Bertz CT molecular complexity index is 421. The van der Waals surface area contributed by atoms with E-state index in [1.807, 2.05) is 12.1 Å². The zero-order chi connectivity index (χ0) is 13.1. The number of ether oxygens (including phenoxy) is 4. The lowest BCUT2D eigenvalue weighted by Gasteiger charge is -2.35. The van der Waals surface area contributed by atoms with Crippen LogP contribution < -0.4 is 9.47 Å². The van der Waals surface area contributed by atoms with Crippen molar-refractivity contribution in [2.45, 2.75) is 37.6 Å². The fourth-order valence-electron chi connectivity index (χ4n) is 2.71. The third-order valence-electron chi connectivity index (χ3n) is 3.74. The Kier molecular flexibility index (Phi) is 3.57. The molecule has 1 saturated heterocycles. The molecule has 0 unspecified atom stereocenters. The van der Waals surface area contributed by atoms with Crippen LogP contribution in [0.5, 0.6) is 11.6 Å². The summed E-state index contributed by atoms with van der Waals surface area (Å²) in [5.74, 6) is 0.906. The van der Waals surface area contributed by atoms with Crippen LogP contribution in [0, 0.1) is 0 Å². The van der Waals surface area contributed by atoms with Gasteiger partial charge >= 0.3 is 0 Å². The van der Waals surface area contributed by atoms with E-state index in [-0.39, 0.29) is 11.9 Å². The highest BCUT2D eigenvalue weighted by atomic mass is 16.7. The second-order valence-electron chi connectivity index (χ2n) is 4.94. The molecule has 0 amide bonds. The van der Waals surface area contributed by atoms with Gasteiger partial charge in [0.25, 0.3) is 5.88 Å². The molecule has 1 spiro atoms. The summed E-state index contributed by atoms with van der Waals surface area (Å²) in [6.45, 7) is 1.42. The van der Waals surface area contributed by atoms with E-state index >= 15 is 0 Å². The Morgan fingerprint density at radius 3 is 2.68 bits per heavy atom. The zero-order valence-corrected chi connectivity index (χ0v) is 11.1. The fraction of sp³-hybridized carbons (Fsp3) is 0.643. The average Bonchev–Trinajstić information content (AvgIpc) is 2.91. The molecule has 19 heavy (non-hydrogen) atoms. The van der Waals surface area contributed by atoms with Gasteiger partial charge < -0.3 is 18.9 Å². The van der Waals surface area contributed by atoms with E-state index in [9.17, 15) is 0 Å². The molecule has 104 valence electrons. The summed E-state index contributed by atoms with van der Waals surface area (Å²) in [5.41, 5.74) is 0. The molecule has 1 aromatic rings. The minimum Gasteiger partial charge on any atom is -0.491 e. The van der Waals surface area contributed by atoms with Gasteiger partial charge in [0.1, 0.15) is 6.10 Å². The Balaban J connectivity index is 1.60. The summed E-state index contributed by atoms with van der Waals surface area (Å²) in [6, 6.07) is 3.69. The molecule has 1 aliphatic heterocycles. The van der Waals surface area contributed by atoms with E-state index in [1.54, 1.807) is 13.3 Å². The summed E-state index contributed by atoms with van der Waals surface area (Å²) in [6.07, 6.45) is 5.46. The van der Waals surface area contributed by atoms with Crippen LogP contribution in [0.4, 0.5) is 0 Å². The first kappa shape index (κ1) is 12.7. The molecule has 2 fully saturated rings. The lowest BCUT2D eigenvalue weighted by Crippen LogP contribution is -2.38. The molecule has 0 radical (unpaired) electrons. The maximum absolute atomic E-state index is 5.93. The molecule has 1 aromatic heterocycles. The summed E-state index contributed by atoms with van der Waals surface area (Å²) in [7, 11) is 1.62. The highest BCUT2D eigenvalue weighted by Crippen LogP contribution is 2.37. The Hall–Kier alpha value is -1.33. The number of rotatable bonds is 3. The molecular formula is C14H19NO4. The predicted octanol–water partition coefficient (Wildman–Crippen LogP) is 2.15. The van der Waals surface area contributed by atoms with Crippen LogP contribution in [0.1, 0.15) is 25.7 Å². The molecule has 5 nitrogen and oxygen atoms in total. The number of aromatic nitrogens is 1. The topological polar surface area (TPSA) is 49.8 Å². The first-order chi connectivity index (χ1) is 9.31. The van der Waals surface area contributed by atoms with Crippen LogP contribution in [0.2, 0.25) is 0 Å². The van der Waals surface area contributed by atoms with Crippen molar-refractivity contribution in [3.05, 3.63) is 18.3 Å². The standard InChI is InChI=1S/C14H19NO4/c1-16-12-3-2-8-15-13(12)19-11-4-6-14(7-5-11)17-9-10-18-14/h2-3,8,11H,4-7,9-10H2,1H3. The van der Waals surface area contributed by atoms with E-state index < -0.39 is 0 Å². The van der Waals surface area contributed by atoms with E-state index in [1.165, 1.54) is 0 Å². The predicted molar refractivity (Wildman–Crippen MR) is 68.3 cm³/mol. The molecule has 1 saturated carbocycles. The molecule has 0 N–H and O–H groups in total. The van der Waals surface area contributed by atoms with Crippen molar-refractivity contribution in [1.29, 1.82) is 0 Å². The minimum atomic E-state index is -0.339. The fourth-order valence-corrected chi connectivity index (χ4v) is 2.71. The maximum Gasteiger partial charge on any atom is 0.257 e. The largest absolute Gasteiger partial charge is 0.491 e. The zero-order valence-electron chi connectivity index (χ0n) is 11.1. The highest BCUT2D eigenvalue weighted by Gasteiger charge is 2.41. The van der Waals surface area contributed by atoms with Crippen molar-refractivity contribution in [2.24, 2.45) is 0 Å². The molecule has 3 rings (SSSR count). The molecular weight excluding hydrogens is 246 g/mol. The van der Waals surface area contributed by atoms with Gasteiger partial charge in [-0.2, -0.15) is 0 Å². The van der Waals surface area contributed by atoms with E-state index in [0.29, 0.717) is 24.8 Å². The van der Waals surface area contributed by atoms with Gasteiger partial charge in [-0.1, -0.05) is 0 Å². The Morgan fingerprint density at radius 1 is 1.26 bits per heavy atom.